The van der Waals surface area contributed by atoms with Crippen molar-refractivity contribution in [3.05, 3.63) is 181 Å². The molecule has 0 aliphatic rings. The van der Waals surface area contributed by atoms with Crippen LogP contribution in [0.1, 0.15) is 52.7 Å². The van der Waals surface area contributed by atoms with Crippen molar-refractivity contribution in [1.29, 1.82) is 0 Å². The molecule has 0 aliphatic heterocycles. The molecule has 0 aliphatic carbocycles. The molecule has 4 nitrogen and oxygen atoms in total. The average molecular weight is 859 g/mol. The van der Waals surface area contributed by atoms with Gasteiger partial charge in [-0.3, -0.25) is 4.40 Å². The first-order valence-corrected chi connectivity index (χ1v) is 23.7. The summed E-state index contributed by atoms with van der Waals surface area (Å²) in [5.41, 5.74) is 15.8. The van der Waals surface area contributed by atoms with Gasteiger partial charge in [-0.25, -0.2) is 4.98 Å². The Morgan fingerprint density at radius 2 is 0.985 bits per heavy atom. The first kappa shape index (κ1) is 37.3. The maximum Gasteiger partial charge on any atom is 0.146 e. The fourth-order valence-electron chi connectivity index (χ4n) is 12.2. The zero-order chi connectivity index (χ0) is 44.8. The molecule has 0 atom stereocenters. The van der Waals surface area contributed by atoms with E-state index in [1.54, 1.807) is 0 Å². The number of aromatic nitrogens is 4. The molecule has 67 heavy (non-hydrogen) atoms. The highest BCUT2D eigenvalue weighted by Gasteiger charge is 2.30. The van der Waals surface area contributed by atoms with Crippen LogP contribution in [-0.4, -0.2) is 18.4 Å². The highest BCUT2D eigenvalue weighted by atomic mass is 15.0. The summed E-state index contributed by atoms with van der Waals surface area (Å²) < 4.78 is 7.48. The molecule has 15 rings (SSSR count). The second-order valence-corrected chi connectivity index (χ2v) is 21.2. The maximum atomic E-state index is 5.67. The number of pyridine rings is 1. The Morgan fingerprint density at radius 1 is 0.373 bits per heavy atom. The number of hydrogen-bond donors (Lipinski definition) is 0. The molecular formula is C63H46N4. The highest BCUT2D eigenvalue weighted by Crippen LogP contribution is 2.52. The van der Waals surface area contributed by atoms with Crippen LogP contribution in [0.2, 0.25) is 0 Å². The third-order valence-electron chi connectivity index (χ3n) is 15.4. The topological polar surface area (TPSA) is 26.6 Å². The van der Waals surface area contributed by atoms with E-state index < -0.39 is 0 Å². The van der Waals surface area contributed by atoms with Gasteiger partial charge in [-0.1, -0.05) is 139 Å². The molecule has 15 aromatic rings. The highest BCUT2D eigenvalue weighted by molar-refractivity contribution is 6.41. The summed E-state index contributed by atoms with van der Waals surface area (Å²) >= 11 is 0. The minimum Gasteiger partial charge on any atom is -0.309 e. The smallest absolute Gasteiger partial charge is 0.146 e. The molecule has 0 N–H and O–H groups in total. The van der Waals surface area contributed by atoms with Crippen molar-refractivity contribution in [2.45, 2.75) is 52.4 Å². The number of fused-ring (bicyclic) bond motifs is 20. The Balaban J connectivity index is 1.14. The summed E-state index contributed by atoms with van der Waals surface area (Å²) in [4.78, 5) is 5.67. The lowest BCUT2D eigenvalue weighted by Gasteiger charge is -2.20. The molecule has 0 saturated carbocycles. The maximum absolute atomic E-state index is 5.67. The monoisotopic (exact) mass is 858 g/mol. The van der Waals surface area contributed by atoms with Crippen LogP contribution in [0.25, 0.3) is 136 Å². The molecule has 0 radical (unpaired) electrons. The summed E-state index contributed by atoms with van der Waals surface area (Å²) in [7, 11) is 0. The summed E-state index contributed by atoms with van der Waals surface area (Å²) in [5, 5.41) is 17.7. The van der Waals surface area contributed by atoms with Crippen LogP contribution in [0, 0.1) is 0 Å². The number of benzene rings is 9. The van der Waals surface area contributed by atoms with Crippen LogP contribution in [-0.2, 0) is 10.8 Å². The van der Waals surface area contributed by atoms with Gasteiger partial charge in [0.1, 0.15) is 5.65 Å². The Labute approximate surface area is 386 Å². The average Bonchev–Trinajstić information content (AvgIpc) is 4.13. The van der Waals surface area contributed by atoms with Gasteiger partial charge in [0.25, 0.3) is 0 Å². The van der Waals surface area contributed by atoms with Crippen molar-refractivity contribution in [2.24, 2.45) is 0 Å². The predicted molar refractivity (Wildman–Crippen MR) is 286 cm³/mol. The van der Waals surface area contributed by atoms with E-state index in [-0.39, 0.29) is 10.8 Å². The number of nitrogens with zero attached hydrogens (tertiary/aromatic N) is 4. The fourth-order valence-corrected chi connectivity index (χ4v) is 12.2. The first-order valence-electron chi connectivity index (χ1n) is 23.7. The van der Waals surface area contributed by atoms with E-state index in [9.17, 15) is 0 Å². The van der Waals surface area contributed by atoms with E-state index in [1.165, 1.54) is 131 Å². The Morgan fingerprint density at radius 3 is 1.76 bits per heavy atom. The van der Waals surface area contributed by atoms with Crippen molar-refractivity contribution in [3.63, 3.8) is 0 Å². The van der Waals surface area contributed by atoms with E-state index in [0.717, 1.165) is 16.9 Å². The third-order valence-corrected chi connectivity index (χ3v) is 15.4. The molecule has 0 amide bonds. The van der Waals surface area contributed by atoms with E-state index in [4.69, 9.17) is 4.98 Å². The number of hydrogen-bond acceptors (Lipinski definition) is 1. The van der Waals surface area contributed by atoms with Gasteiger partial charge < -0.3 is 8.97 Å². The fraction of sp³-hybridized carbons (Fsp3) is 0.127. The standard InChI is InChI=1S/C63H46N4/c1-62(2,3)38-25-27-52-46(31-38)47-32-39(63(4,5)6)33-49-55-53(66(52)58(47)49)34-64-61-57(55)56-42-21-13-11-17-36(42)30-48-54-41-20-12-10-16-35(41)28-44(59(54)67(61)60(48)56)37-24-26-51-45(29-37)43-22-14-15-23-50(43)65(51)40-18-8-7-9-19-40/h7-34H,1-6H3. The number of para-hydroxylation sites is 2. The van der Waals surface area contributed by atoms with Crippen LogP contribution in [0.3, 0.4) is 0 Å². The molecule has 0 unspecified atom stereocenters. The molecule has 0 saturated heterocycles. The Hall–Kier alpha value is -7.95. The van der Waals surface area contributed by atoms with Gasteiger partial charge in [-0.15, -0.1) is 0 Å². The Kier molecular flexibility index (Phi) is 6.94. The summed E-state index contributed by atoms with van der Waals surface area (Å²) in [6.45, 7) is 14.0. The minimum atomic E-state index is -0.0572. The van der Waals surface area contributed by atoms with E-state index >= 15 is 0 Å². The minimum absolute atomic E-state index is 0.0322. The van der Waals surface area contributed by atoms with Crippen LogP contribution in [0.15, 0.2) is 170 Å². The van der Waals surface area contributed by atoms with Gasteiger partial charge >= 0.3 is 0 Å². The predicted octanol–water partition coefficient (Wildman–Crippen LogP) is 17.0. The zero-order valence-corrected chi connectivity index (χ0v) is 38.5. The van der Waals surface area contributed by atoms with Crippen molar-refractivity contribution in [3.8, 4) is 16.8 Å². The van der Waals surface area contributed by atoms with E-state index in [2.05, 4.69) is 225 Å². The van der Waals surface area contributed by atoms with Gasteiger partial charge in [0.15, 0.2) is 0 Å². The molecule has 6 heterocycles. The van der Waals surface area contributed by atoms with Crippen LogP contribution < -0.4 is 0 Å². The van der Waals surface area contributed by atoms with Gasteiger partial charge in [0, 0.05) is 65.1 Å². The molecule has 318 valence electrons. The molecular weight excluding hydrogens is 813 g/mol. The molecule has 0 fully saturated rings. The van der Waals surface area contributed by atoms with Crippen molar-refractivity contribution in [2.75, 3.05) is 0 Å². The van der Waals surface area contributed by atoms with Crippen molar-refractivity contribution in [1.82, 2.24) is 18.4 Å². The van der Waals surface area contributed by atoms with Gasteiger partial charge in [-0.05, 0) is 116 Å². The summed E-state index contributed by atoms with van der Waals surface area (Å²) in [5.74, 6) is 0. The molecule has 0 bridgehead atoms. The quantitative estimate of drug-likeness (QED) is 0.170. The number of rotatable bonds is 2. The Bertz CT molecular complexity index is 4620. The third kappa shape index (κ3) is 4.74. The van der Waals surface area contributed by atoms with E-state index in [1.807, 2.05) is 0 Å². The largest absolute Gasteiger partial charge is 0.309 e. The lowest BCUT2D eigenvalue weighted by Crippen LogP contribution is -2.11. The lowest BCUT2D eigenvalue weighted by molar-refractivity contribution is 0.590. The van der Waals surface area contributed by atoms with Crippen LogP contribution >= 0.6 is 0 Å². The second-order valence-electron chi connectivity index (χ2n) is 21.2. The zero-order valence-electron chi connectivity index (χ0n) is 38.5. The lowest BCUT2D eigenvalue weighted by atomic mass is 9.84. The molecule has 0 spiro atoms. The van der Waals surface area contributed by atoms with Gasteiger partial charge in [-0.2, -0.15) is 0 Å². The van der Waals surface area contributed by atoms with Crippen molar-refractivity contribution >= 4 is 120 Å². The van der Waals surface area contributed by atoms with Crippen molar-refractivity contribution < 1.29 is 0 Å². The summed E-state index contributed by atoms with van der Waals surface area (Å²) in [6.07, 6.45) is 2.18. The van der Waals surface area contributed by atoms with Gasteiger partial charge in [0.05, 0.1) is 44.8 Å². The SMILES string of the molecule is CC(C)(C)c1ccc2c(c1)c1cc(C(C)(C)C)cc3c4c5c6c7ccccc7cc7c8c9ccccc9cc(-c9ccc%10c(c9)c9ccccc9n%10-c9ccccc9)c8n(c5ncc4n2c13)c76. The van der Waals surface area contributed by atoms with E-state index in [0.29, 0.717) is 0 Å². The summed E-state index contributed by atoms with van der Waals surface area (Å²) in [6, 6.07) is 61.7. The second kappa shape index (κ2) is 12.5. The molecule has 9 aromatic carbocycles. The normalized spacial score (nSPS) is 13.2. The van der Waals surface area contributed by atoms with Crippen LogP contribution in [0.5, 0.6) is 0 Å². The molecule has 4 heteroatoms. The van der Waals surface area contributed by atoms with Crippen LogP contribution in [0.4, 0.5) is 0 Å². The van der Waals surface area contributed by atoms with Gasteiger partial charge in [0.2, 0.25) is 0 Å². The molecule has 6 aromatic heterocycles. The first-order chi connectivity index (χ1) is 32.5.